The number of carbonyl (C=O) groups excluding carboxylic acids is 2. The lowest BCUT2D eigenvalue weighted by Crippen LogP contribution is -2.31. The van der Waals surface area contributed by atoms with Crippen LogP contribution in [0.1, 0.15) is 35.2 Å². The van der Waals surface area contributed by atoms with Gasteiger partial charge in [0.25, 0.3) is 5.91 Å². The molecule has 10 nitrogen and oxygen atoms in total. The van der Waals surface area contributed by atoms with E-state index < -0.39 is 35.7 Å². The molecule has 34 heavy (non-hydrogen) atoms. The number of urea groups is 1. The molecular formula is C21H27F2N5O5S. The molecule has 1 aromatic heterocycles. The molecule has 3 amide bonds. The van der Waals surface area contributed by atoms with E-state index in [0.717, 1.165) is 56.0 Å². The van der Waals surface area contributed by atoms with Gasteiger partial charge in [-0.1, -0.05) is 0 Å². The van der Waals surface area contributed by atoms with Crippen LogP contribution in [-0.4, -0.2) is 65.7 Å². The fourth-order valence-electron chi connectivity index (χ4n) is 3.51. The molecule has 1 aliphatic rings. The molecule has 0 aliphatic carbocycles. The number of halogens is 2. The topological polar surface area (TPSA) is 139 Å². The summed E-state index contributed by atoms with van der Waals surface area (Å²) in [5, 5.41) is 14.8. The van der Waals surface area contributed by atoms with Crippen molar-refractivity contribution in [3.63, 3.8) is 0 Å². The maximum absolute atomic E-state index is 14.3. The van der Waals surface area contributed by atoms with Crippen LogP contribution < -0.4 is 25.8 Å². The summed E-state index contributed by atoms with van der Waals surface area (Å²) in [5.74, 6) is -3.11. The van der Waals surface area contributed by atoms with Gasteiger partial charge in [0.05, 0.1) is 18.8 Å². The van der Waals surface area contributed by atoms with Crippen molar-refractivity contribution >= 4 is 28.5 Å². The van der Waals surface area contributed by atoms with Crippen LogP contribution in [0.5, 0.6) is 11.6 Å². The Bertz CT molecular complexity index is 1020. The largest absolute Gasteiger partial charge is 0.494 e. The third kappa shape index (κ3) is 6.52. The first-order valence-electron chi connectivity index (χ1n) is 10.7. The molecule has 0 unspecified atom stereocenters. The van der Waals surface area contributed by atoms with E-state index in [-0.39, 0.29) is 28.3 Å². The quantitative estimate of drug-likeness (QED) is 0.347. The number of ether oxygens (including phenoxy) is 2. The van der Waals surface area contributed by atoms with Gasteiger partial charge in [-0.3, -0.25) is 10.1 Å². The number of methoxy groups -OCH3 is 1. The lowest BCUT2D eigenvalue weighted by Gasteiger charge is -2.14. The first-order chi connectivity index (χ1) is 16.3. The molecule has 186 valence electrons. The summed E-state index contributed by atoms with van der Waals surface area (Å²) < 4.78 is 42.5. The highest BCUT2D eigenvalue weighted by molar-refractivity contribution is 7.11. The van der Waals surface area contributed by atoms with E-state index in [9.17, 15) is 23.5 Å². The SMILES string of the molecule is COc1ccc(F)c(COc2nsc(NC(=O)NCCCCN3CC[C@H](O)C3)c2C(N)=O)c1F. The number of amides is 3. The highest BCUT2D eigenvalue weighted by Gasteiger charge is 2.24. The second-order valence-corrected chi connectivity index (χ2v) is 8.49. The van der Waals surface area contributed by atoms with Gasteiger partial charge in [0, 0.05) is 19.6 Å². The van der Waals surface area contributed by atoms with Crippen LogP contribution in [0.15, 0.2) is 12.1 Å². The number of benzene rings is 1. The van der Waals surface area contributed by atoms with E-state index in [0.29, 0.717) is 13.1 Å². The number of rotatable bonds is 11. The molecule has 2 heterocycles. The molecular weight excluding hydrogens is 472 g/mol. The number of hydrogen-bond donors (Lipinski definition) is 4. The molecule has 5 N–H and O–H groups in total. The van der Waals surface area contributed by atoms with E-state index in [1.54, 1.807) is 0 Å². The van der Waals surface area contributed by atoms with Crippen molar-refractivity contribution in [3.8, 4) is 11.6 Å². The van der Waals surface area contributed by atoms with Gasteiger partial charge in [-0.2, -0.15) is 4.37 Å². The molecule has 1 saturated heterocycles. The number of β-amino-alcohol motifs (C(OH)–C–C–N with tert-alkyl or cyclic N) is 1. The molecule has 13 heteroatoms. The zero-order valence-corrected chi connectivity index (χ0v) is 19.4. The van der Waals surface area contributed by atoms with Crippen LogP contribution in [0.25, 0.3) is 0 Å². The number of primary amides is 1. The average Bonchev–Trinajstić information content (AvgIpc) is 3.39. The zero-order chi connectivity index (χ0) is 24.7. The Balaban J connectivity index is 1.52. The number of aliphatic hydroxyl groups excluding tert-OH is 1. The van der Waals surface area contributed by atoms with Gasteiger partial charge in [-0.15, -0.1) is 0 Å². The fraction of sp³-hybridized carbons (Fsp3) is 0.476. The number of nitrogens with two attached hydrogens (primary N) is 1. The highest BCUT2D eigenvalue weighted by Crippen LogP contribution is 2.31. The van der Waals surface area contributed by atoms with Crippen LogP contribution >= 0.6 is 11.5 Å². The monoisotopic (exact) mass is 499 g/mol. The van der Waals surface area contributed by atoms with Gasteiger partial charge >= 0.3 is 6.03 Å². The Hall–Kier alpha value is -3.03. The van der Waals surface area contributed by atoms with E-state index in [2.05, 4.69) is 19.9 Å². The molecule has 1 fully saturated rings. The first kappa shape index (κ1) is 25.6. The molecule has 1 atom stereocenters. The molecule has 2 aromatic rings. The van der Waals surface area contributed by atoms with Crippen molar-refractivity contribution in [2.75, 3.05) is 38.6 Å². The van der Waals surface area contributed by atoms with E-state index in [4.69, 9.17) is 15.2 Å². The Morgan fingerprint density at radius 2 is 2.15 bits per heavy atom. The number of unbranched alkanes of at least 4 members (excludes halogenated alkanes) is 1. The third-order valence-corrected chi connectivity index (χ3v) is 6.04. The Kier molecular flexibility index (Phi) is 8.96. The Labute approximate surface area is 199 Å². The third-order valence-electron chi connectivity index (χ3n) is 5.29. The number of anilines is 1. The minimum atomic E-state index is -0.933. The van der Waals surface area contributed by atoms with E-state index >= 15 is 0 Å². The summed E-state index contributed by atoms with van der Waals surface area (Å²) in [5.41, 5.74) is 4.80. The normalized spacial score (nSPS) is 15.8. The minimum Gasteiger partial charge on any atom is -0.494 e. The summed E-state index contributed by atoms with van der Waals surface area (Å²) in [4.78, 5) is 26.3. The summed E-state index contributed by atoms with van der Waals surface area (Å²) in [6.07, 6.45) is 2.12. The van der Waals surface area contributed by atoms with Gasteiger partial charge < -0.3 is 30.5 Å². The van der Waals surface area contributed by atoms with Gasteiger partial charge in [-0.25, -0.2) is 13.6 Å². The average molecular weight is 500 g/mol. The van der Waals surface area contributed by atoms with Crippen molar-refractivity contribution in [2.24, 2.45) is 5.73 Å². The smallest absolute Gasteiger partial charge is 0.319 e. The molecule has 0 bridgehead atoms. The summed E-state index contributed by atoms with van der Waals surface area (Å²) in [6, 6.07) is 1.62. The predicted octanol–water partition coefficient (Wildman–Crippen LogP) is 2.08. The fourth-order valence-corrected chi connectivity index (χ4v) is 4.24. The first-order valence-corrected chi connectivity index (χ1v) is 11.5. The molecule has 1 aliphatic heterocycles. The molecule has 0 radical (unpaired) electrons. The summed E-state index contributed by atoms with van der Waals surface area (Å²) >= 11 is 0.754. The van der Waals surface area contributed by atoms with Gasteiger partial charge in [-0.05, 0) is 49.5 Å². The van der Waals surface area contributed by atoms with Crippen molar-refractivity contribution in [1.29, 1.82) is 0 Å². The number of aliphatic hydroxyl groups is 1. The molecule has 3 rings (SSSR count). The van der Waals surface area contributed by atoms with Crippen molar-refractivity contribution in [3.05, 3.63) is 34.9 Å². The predicted molar refractivity (Wildman–Crippen MR) is 121 cm³/mol. The molecule has 0 saturated carbocycles. The molecule has 1 aromatic carbocycles. The summed E-state index contributed by atoms with van der Waals surface area (Å²) in [6.45, 7) is 2.23. The zero-order valence-electron chi connectivity index (χ0n) is 18.6. The van der Waals surface area contributed by atoms with Crippen molar-refractivity contribution < 1.29 is 33.0 Å². The number of hydrogen-bond acceptors (Lipinski definition) is 8. The van der Waals surface area contributed by atoms with E-state index in [1.165, 1.54) is 7.11 Å². The number of likely N-dealkylation sites (tertiary alicyclic amines) is 1. The van der Waals surface area contributed by atoms with Crippen molar-refractivity contribution in [1.82, 2.24) is 14.6 Å². The van der Waals surface area contributed by atoms with Crippen LogP contribution in [0, 0.1) is 11.6 Å². The van der Waals surface area contributed by atoms with Crippen LogP contribution in [-0.2, 0) is 6.61 Å². The maximum atomic E-state index is 14.3. The Morgan fingerprint density at radius 1 is 1.35 bits per heavy atom. The maximum Gasteiger partial charge on any atom is 0.319 e. The summed E-state index contributed by atoms with van der Waals surface area (Å²) in [7, 11) is 1.24. The highest BCUT2D eigenvalue weighted by atomic mass is 32.1. The van der Waals surface area contributed by atoms with Crippen LogP contribution in [0.3, 0.4) is 0 Å². The second-order valence-electron chi connectivity index (χ2n) is 7.72. The van der Waals surface area contributed by atoms with E-state index in [1.807, 2.05) is 0 Å². The number of carbonyl (C=O) groups is 2. The van der Waals surface area contributed by atoms with Gasteiger partial charge in [0.15, 0.2) is 11.6 Å². The number of aromatic nitrogens is 1. The number of nitrogens with zero attached hydrogens (tertiary/aromatic N) is 2. The number of nitrogens with one attached hydrogen (secondary N) is 2. The lowest BCUT2D eigenvalue weighted by atomic mass is 10.2. The van der Waals surface area contributed by atoms with Crippen molar-refractivity contribution in [2.45, 2.75) is 32.0 Å². The lowest BCUT2D eigenvalue weighted by molar-refractivity contribution is 0.0996. The Morgan fingerprint density at radius 3 is 2.82 bits per heavy atom. The van der Waals surface area contributed by atoms with Gasteiger partial charge in [0.2, 0.25) is 5.88 Å². The minimum absolute atomic E-state index is 0.0534. The second kappa shape index (κ2) is 11.9. The van der Waals surface area contributed by atoms with Gasteiger partial charge in [0.1, 0.15) is 23.0 Å². The van der Waals surface area contributed by atoms with Crippen LogP contribution in [0.2, 0.25) is 0 Å². The van der Waals surface area contributed by atoms with Crippen LogP contribution in [0.4, 0.5) is 18.6 Å². The molecule has 0 spiro atoms. The standard InChI is InChI=1S/C21H27F2N5O5S/c1-32-15-5-4-14(22)13(17(15)23)11-33-19-16(18(24)30)20(34-27-19)26-21(31)25-7-2-3-8-28-9-6-12(29)10-28/h4-5,12,29H,2-3,6-11H2,1H3,(H2,24,30)(H2,25,26,31)/t12-/m0/s1.